The van der Waals surface area contributed by atoms with E-state index in [1.54, 1.807) is 6.07 Å². The van der Waals surface area contributed by atoms with E-state index < -0.39 is 0 Å². The zero-order valence-electron chi connectivity index (χ0n) is 13.0. The Labute approximate surface area is 135 Å². The van der Waals surface area contributed by atoms with E-state index >= 15 is 0 Å². The molecular weight excluding hydrogens is 326 g/mol. The first-order chi connectivity index (χ1) is 9.92. The Hall–Kier alpha value is -1.48. The van der Waals surface area contributed by atoms with Crippen molar-refractivity contribution >= 4 is 21.6 Å². The van der Waals surface area contributed by atoms with Crippen LogP contribution in [0.1, 0.15) is 41.6 Å². The van der Waals surface area contributed by atoms with Gasteiger partial charge in [0.15, 0.2) is 0 Å². The molecule has 2 rings (SSSR count). The fraction of sp³-hybridized carbons (Fsp3) is 0.333. The number of aromatic hydroxyl groups is 1. The summed E-state index contributed by atoms with van der Waals surface area (Å²) in [5, 5.41) is 13.7. The van der Waals surface area contributed by atoms with Crippen LogP contribution in [0.15, 0.2) is 34.8 Å². The van der Waals surface area contributed by atoms with E-state index in [9.17, 15) is 5.11 Å². The van der Waals surface area contributed by atoms with E-state index in [-0.39, 0.29) is 6.04 Å². The van der Waals surface area contributed by atoms with E-state index in [1.807, 2.05) is 12.1 Å². The van der Waals surface area contributed by atoms with Crippen molar-refractivity contribution in [3.05, 3.63) is 57.1 Å². The molecule has 0 spiro atoms. The Morgan fingerprint density at radius 2 is 1.71 bits per heavy atom. The zero-order valence-corrected chi connectivity index (χ0v) is 14.6. The third-order valence-electron chi connectivity index (χ3n) is 3.77. The SMILES string of the molecule is CCC(Nc1c(C)cc(C)cc1C)c1cc(Br)ccc1O. The van der Waals surface area contributed by atoms with Crippen molar-refractivity contribution in [3.63, 3.8) is 0 Å². The number of phenols is 1. The minimum absolute atomic E-state index is 0.0857. The van der Waals surface area contributed by atoms with Gasteiger partial charge in [0.1, 0.15) is 5.75 Å². The van der Waals surface area contributed by atoms with Gasteiger partial charge in [-0.2, -0.15) is 0 Å². The highest BCUT2D eigenvalue weighted by molar-refractivity contribution is 9.10. The molecule has 0 aromatic heterocycles. The highest BCUT2D eigenvalue weighted by atomic mass is 79.9. The van der Waals surface area contributed by atoms with Gasteiger partial charge in [-0.15, -0.1) is 0 Å². The second kappa shape index (κ2) is 6.52. The molecule has 0 saturated carbocycles. The Morgan fingerprint density at radius 1 is 1.10 bits per heavy atom. The molecule has 0 heterocycles. The Morgan fingerprint density at radius 3 is 2.29 bits per heavy atom. The van der Waals surface area contributed by atoms with Gasteiger partial charge in [0.05, 0.1) is 6.04 Å². The van der Waals surface area contributed by atoms with Crippen molar-refractivity contribution in [1.29, 1.82) is 0 Å². The maximum atomic E-state index is 10.1. The van der Waals surface area contributed by atoms with Crippen LogP contribution in [-0.2, 0) is 0 Å². The summed E-state index contributed by atoms with van der Waals surface area (Å²) in [6, 6.07) is 10.0. The fourth-order valence-corrected chi connectivity index (χ4v) is 3.16. The van der Waals surface area contributed by atoms with E-state index in [1.165, 1.54) is 16.7 Å². The molecular formula is C18H22BrNO. The van der Waals surface area contributed by atoms with Crippen LogP contribution in [0.4, 0.5) is 5.69 Å². The molecule has 0 aliphatic rings. The van der Waals surface area contributed by atoms with Gasteiger partial charge in [-0.05, 0) is 56.5 Å². The van der Waals surface area contributed by atoms with Crippen molar-refractivity contribution in [2.75, 3.05) is 5.32 Å². The van der Waals surface area contributed by atoms with Gasteiger partial charge in [-0.25, -0.2) is 0 Å². The van der Waals surface area contributed by atoms with Gasteiger partial charge in [-0.3, -0.25) is 0 Å². The lowest BCUT2D eigenvalue weighted by Gasteiger charge is -2.23. The zero-order chi connectivity index (χ0) is 15.6. The van der Waals surface area contributed by atoms with Gasteiger partial charge in [0.25, 0.3) is 0 Å². The number of hydrogen-bond donors (Lipinski definition) is 2. The summed E-state index contributed by atoms with van der Waals surface area (Å²) < 4.78 is 0.980. The highest BCUT2D eigenvalue weighted by Gasteiger charge is 2.16. The van der Waals surface area contributed by atoms with Crippen molar-refractivity contribution < 1.29 is 5.11 Å². The summed E-state index contributed by atoms with van der Waals surface area (Å²) in [5.74, 6) is 0.333. The van der Waals surface area contributed by atoms with E-state index in [4.69, 9.17) is 0 Å². The maximum absolute atomic E-state index is 10.1. The average molecular weight is 348 g/mol. The molecule has 3 heteroatoms. The molecule has 1 atom stereocenters. The first kappa shape index (κ1) is 15.9. The summed E-state index contributed by atoms with van der Waals surface area (Å²) in [6.45, 7) is 8.48. The molecule has 0 aliphatic carbocycles. The molecule has 0 saturated heterocycles. The van der Waals surface area contributed by atoms with Crippen molar-refractivity contribution in [2.45, 2.75) is 40.2 Å². The minimum atomic E-state index is 0.0857. The fourth-order valence-electron chi connectivity index (χ4n) is 2.79. The number of aryl methyl sites for hydroxylation is 3. The van der Waals surface area contributed by atoms with Gasteiger partial charge < -0.3 is 10.4 Å². The van der Waals surface area contributed by atoms with Crippen molar-refractivity contribution in [3.8, 4) is 5.75 Å². The molecule has 0 radical (unpaired) electrons. The van der Waals surface area contributed by atoms with Gasteiger partial charge in [-0.1, -0.05) is 40.5 Å². The molecule has 0 amide bonds. The molecule has 0 bridgehead atoms. The van der Waals surface area contributed by atoms with Crippen LogP contribution in [0.3, 0.4) is 0 Å². The first-order valence-electron chi connectivity index (χ1n) is 7.25. The largest absolute Gasteiger partial charge is 0.508 e. The third-order valence-corrected chi connectivity index (χ3v) is 4.26. The standard InChI is InChI=1S/C18H22BrNO/c1-5-16(15-10-14(19)6-7-17(15)21)20-18-12(3)8-11(2)9-13(18)4/h6-10,16,20-21H,5H2,1-4H3. The van der Waals surface area contributed by atoms with Gasteiger partial charge in [0.2, 0.25) is 0 Å². The van der Waals surface area contributed by atoms with Crippen molar-refractivity contribution in [2.24, 2.45) is 0 Å². The average Bonchev–Trinajstić information content (AvgIpc) is 2.41. The number of halogens is 1. The number of hydrogen-bond acceptors (Lipinski definition) is 2. The number of benzene rings is 2. The molecule has 1 unspecified atom stereocenters. The monoisotopic (exact) mass is 347 g/mol. The molecule has 2 N–H and O–H groups in total. The summed E-state index contributed by atoms with van der Waals surface area (Å²) in [5.41, 5.74) is 5.83. The van der Waals surface area contributed by atoms with Gasteiger partial charge >= 0.3 is 0 Å². The predicted molar refractivity (Wildman–Crippen MR) is 93.1 cm³/mol. The van der Waals surface area contributed by atoms with Crippen molar-refractivity contribution in [1.82, 2.24) is 0 Å². The molecule has 21 heavy (non-hydrogen) atoms. The Bertz CT molecular complexity index is 629. The van der Waals surface area contributed by atoms with Crippen LogP contribution in [-0.4, -0.2) is 5.11 Å². The van der Waals surface area contributed by atoms with E-state index in [0.29, 0.717) is 5.75 Å². The van der Waals surface area contributed by atoms with Crippen LogP contribution >= 0.6 is 15.9 Å². The topological polar surface area (TPSA) is 32.3 Å². The molecule has 2 aromatic carbocycles. The van der Waals surface area contributed by atoms with Crippen LogP contribution in [0, 0.1) is 20.8 Å². The van der Waals surface area contributed by atoms with Crippen LogP contribution in [0.2, 0.25) is 0 Å². The third kappa shape index (κ3) is 3.59. The minimum Gasteiger partial charge on any atom is -0.508 e. The summed E-state index contributed by atoms with van der Waals surface area (Å²) in [4.78, 5) is 0. The molecule has 0 fully saturated rings. The maximum Gasteiger partial charge on any atom is 0.120 e. The Kier molecular flexibility index (Phi) is 4.94. The van der Waals surface area contributed by atoms with Crippen LogP contribution in [0.5, 0.6) is 5.75 Å². The summed E-state index contributed by atoms with van der Waals surface area (Å²) in [7, 11) is 0. The Balaban J connectivity index is 2.38. The van der Waals surface area contributed by atoms with E-state index in [2.05, 4.69) is 61.1 Å². The molecule has 112 valence electrons. The lowest BCUT2D eigenvalue weighted by molar-refractivity contribution is 0.462. The number of phenolic OH excluding ortho intramolecular Hbond substituents is 1. The quantitative estimate of drug-likeness (QED) is 0.749. The predicted octanol–water partition coefficient (Wildman–Crippen LogP) is 5.64. The smallest absolute Gasteiger partial charge is 0.120 e. The van der Waals surface area contributed by atoms with Gasteiger partial charge in [0, 0.05) is 15.7 Å². The molecule has 2 nitrogen and oxygen atoms in total. The second-order valence-electron chi connectivity index (χ2n) is 5.58. The molecule has 0 aliphatic heterocycles. The first-order valence-corrected chi connectivity index (χ1v) is 8.04. The number of anilines is 1. The lowest BCUT2D eigenvalue weighted by atomic mass is 10.00. The normalized spacial score (nSPS) is 12.2. The molecule has 2 aromatic rings. The highest BCUT2D eigenvalue weighted by Crippen LogP contribution is 2.34. The van der Waals surface area contributed by atoms with E-state index in [0.717, 1.165) is 22.1 Å². The lowest BCUT2D eigenvalue weighted by Crippen LogP contribution is -2.12. The van der Waals surface area contributed by atoms with Crippen LogP contribution in [0.25, 0.3) is 0 Å². The summed E-state index contributed by atoms with van der Waals surface area (Å²) in [6.07, 6.45) is 0.900. The number of rotatable bonds is 4. The number of nitrogens with one attached hydrogen (secondary N) is 1. The summed E-state index contributed by atoms with van der Waals surface area (Å²) >= 11 is 3.48. The van der Waals surface area contributed by atoms with Crippen LogP contribution < -0.4 is 5.32 Å². The second-order valence-corrected chi connectivity index (χ2v) is 6.50.